The molecule has 114 valence electrons. The number of nitrogens with zero attached hydrogens (tertiary/aromatic N) is 3. The van der Waals surface area contributed by atoms with E-state index in [0.717, 1.165) is 25.0 Å². The molecule has 1 amide bonds. The second kappa shape index (κ2) is 6.13. The van der Waals surface area contributed by atoms with E-state index in [1.54, 1.807) is 17.9 Å². The van der Waals surface area contributed by atoms with Gasteiger partial charge in [0.05, 0.1) is 17.0 Å². The number of nitrogens with two attached hydrogens (primary N) is 1. The minimum Gasteiger partial charge on any atom is -0.327 e. The number of fused-ring (bicyclic) bond motifs is 1. The van der Waals surface area contributed by atoms with Crippen molar-refractivity contribution in [3.05, 3.63) is 28.0 Å². The lowest BCUT2D eigenvalue weighted by Gasteiger charge is -2.15. The molecule has 3 N–H and O–H groups in total. The highest BCUT2D eigenvalue weighted by molar-refractivity contribution is 7.15. The van der Waals surface area contributed by atoms with Crippen molar-refractivity contribution in [1.29, 1.82) is 0 Å². The molecule has 2 aromatic heterocycles. The molecule has 2 heterocycles. The Balaban J connectivity index is 0.00000161. The number of thiazole rings is 1. The normalized spacial score (nSPS) is 17.0. The largest absolute Gasteiger partial charge is 0.327 e. The van der Waals surface area contributed by atoms with Crippen molar-refractivity contribution >= 4 is 34.8 Å². The van der Waals surface area contributed by atoms with Crippen LogP contribution in [0.15, 0.2) is 6.20 Å². The maximum atomic E-state index is 12.2. The second-order valence-corrected chi connectivity index (χ2v) is 6.23. The van der Waals surface area contributed by atoms with Gasteiger partial charge < -0.3 is 5.73 Å². The minimum absolute atomic E-state index is 0. The van der Waals surface area contributed by atoms with Crippen LogP contribution in [0.3, 0.4) is 0 Å². The summed E-state index contributed by atoms with van der Waals surface area (Å²) in [6.07, 6.45) is 4.43. The fraction of sp³-hybridized carbons (Fsp3) is 0.462. The predicted octanol–water partition coefficient (Wildman–Crippen LogP) is 1.68. The third-order valence-electron chi connectivity index (χ3n) is 3.46. The maximum absolute atomic E-state index is 12.2. The summed E-state index contributed by atoms with van der Waals surface area (Å²) in [6, 6.07) is 0.215. The van der Waals surface area contributed by atoms with Crippen LogP contribution in [0.25, 0.3) is 0 Å². The molecule has 0 aliphatic heterocycles. The maximum Gasteiger partial charge on any atom is 0.260 e. The van der Waals surface area contributed by atoms with E-state index >= 15 is 0 Å². The van der Waals surface area contributed by atoms with Gasteiger partial charge in [0, 0.05) is 24.2 Å². The van der Waals surface area contributed by atoms with Gasteiger partial charge in [-0.05, 0) is 26.2 Å². The van der Waals surface area contributed by atoms with Gasteiger partial charge in [0.2, 0.25) is 0 Å². The van der Waals surface area contributed by atoms with E-state index in [-0.39, 0.29) is 24.4 Å². The van der Waals surface area contributed by atoms with Gasteiger partial charge in [-0.1, -0.05) is 0 Å². The third kappa shape index (κ3) is 3.25. The fourth-order valence-corrected chi connectivity index (χ4v) is 3.54. The van der Waals surface area contributed by atoms with Gasteiger partial charge in [-0.25, -0.2) is 4.98 Å². The van der Waals surface area contributed by atoms with Crippen molar-refractivity contribution in [1.82, 2.24) is 14.8 Å². The topological polar surface area (TPSA) is 85.8 Å². The first-order valence-corrected chi connectivity index (χ1v) is 7.40. The van der Waals surface area contributed by atoms with E-state index in [9.17, 15) is 4.79 Å². The Hall–Kier alpha value is -1.44. The van der Waals surface area contributed by atoms with E-state index in [1.165, 1.54) is 16.2 Å². The van der Waals surface area contributed by atoms with Crippen LogP contribution in [0, 0.1) is 6.92 Å². The number of aromatic nitrogens is 3. The van der Waals surface area contributed by atoms with Crippen LogP contribution in [-0.2, 0) is 19.9 Å². The first kappa shape index (κ1) is 15.9. The summed E-state index contributed by atoms with van der Waals surface area (Å²) in [4.78, 5) is 17.9. The molecule has 6 nitrogen and oxygen atoms in total. The van der Waals surface area contributed by atoms with Crippen LogP contribution < -0.4 is 11.1 Å². The zero-order valence-corrected chi connectivity index (χ0v) is 13.6. The van der Waals surface area contributed by atoms with Gasteiger partial charge in [0.15, 0.2) is 5.13 Å². The zero-order chi connectivity index (χ0) is 14.3. The summed E-state index contributed by atoms with van der Waals surface area (Å²) in [5.41, 5.74) is 8.33. The summed E-state index contributed by atoms with van der Waals surface area (Å²) in [5.74, 6) is -0.161. The van der Waals surface area contributed by atoms with Crippen molar-refractivity contribution in [3.8, 4) is 0 Å². The molecule has 0 spiro atoms. The SMILES string of the molecule is Cc1nn(C)cc1C(=O)Nc1nc2c(s1)C[C@@H](N)CC2.Cl. The van der Waals surface area contributed by atoms with Crippen LogP contribution in [0.4, 0.5) is 5.13 Å². The third-order valence-corrected chi connectivity index (χ3v) is 4.49. The lowest BCUT2D eigenvalue weighted by Crippen LogP contribution is -2.27. The fourth-order valence-electron chi connectivity index (χ4n) is 2.44. The molecular formula is C13H18ClN5OS. The minimum atomic E-state index is -0.161. The van der Waals surface area contributed by atoms with E-state index < -0.39 is 0 Å². The highest BCUT2D eigenvalue weighted by atomic mass is 35.5. The number of amides is 1. The number of halogens is 1. The van der Waals surface area contributed by atoms with E-state index in [0.29, 0.717) is 16.4 Å². The molecule has 0 bridgehead atoms. The highest BCUT2D eigenvalue weighted by Crippen LogP contribution is 2.29. The Morgan fingerprint density at radius 1 is 1.57 bits per heavy atom. The molecule has 0 radical (unpaired) electrons. The van der Waals surface area contributed by atoms with E-state index in [1.807, 2.05) is 6.92 Å². The van der Waals surface area contributed by atoms with E-state index in [2.05, 4.69) is 15.4 Å². The number of carbonyl (C=O) groups is 1. The second-order valence-electron chi connectivity index (χ2n) is 5.15. The van der Waals surface area contributed by atoms with Gasteiger partial charge in [0.1, 0.15) is 0 Å². The Bertz CT molecular complexity index is 666. The lowest BCUT2D eigenvalue weighted by molar-refractivity contribution is 0.102. The summed E-state index contributed by atoms with van der Waals surface area (Å²) in [5, 5.41) is 7.68. The smallest absolute Gasteiger partial charge is 0.260 e. The Labute approximate surface area is 133 Å². The number of hydrogen-bond acceptors (Lipinski definition) is 5. The average molecular weight is 328 g/mol. The van der Waals surface area contributed by atoms with Crippen molar-refractivity contribution in [3.63, 3.8) is 0 Å². The molecule has 0 fully saturated rings. The van der Waals surface area contributed by atoms with Crippen LogP contribution in [0.2, 0.25) is 0 Å². The Morgan fingerprint density at radius 2 is 2.33 bits per heavy atom. The van der Waals surface area contributed by atoms with Crippen molar-refractivity contribution in [2.75, 3.05) is 5.32 Å². The van der Waals surface area contributed by atoms with Crippen molar-refractivity contribution in [2.45, 2.75) is 32.2 Å². The summed E-state index contributed by atoms with van der Waals surface area (Å²) in [7, 11) is 1.80. The van der Waals surface area contributed by atoms with E-state index in [4.69, 9.17) is 5.73 Å². The standard InChI is InChI=1S/C13H17N5OS.ClH/c1-7-9(6-18(2)17-7)12(19)16-13-15-10-4-3-8(14)5-11(10)20-13;/h6,8H,3-5,14H2,1-2H3,(H,15,16,19);1H/t8-;/m0./s1. The summed E-state index contributed by atoms with van der Waals surface area (Å²) < 4.78 is 1.64. The van der Waals surface area contributed by atoms with Gasteiger partial charge in [-0.2, -0.15) is 5.10 Å². The zero-order valence-electron chi connectivity index (χ0n) is 11.9. The van der Waals surface area contributed by atoms with Gasteiger partial charge in [-0.15, -0.1) is 23.7 Å². The molecule has 0 saturated heterocycles. The Kier molecular flexibility index (Phi) is 4.65. The number of hydrogen-bond donors (Lipinski definition) is 2. The van der Waals surface area contributed by atoms with Crippen LogP contribution >= 0.6 is 23.7 Å². The molecule has 8 heteroatoms. The number of aryl methyl sites for hydroxylation is 3. The first-order chi connectivity index (χ1) is 9.52. The number of nitrogens with one attached hydrogen (secondary N) is 1. The first-order valence-electron chi connectivity index (χ1n) is 6.58. The molecule has 1 aliphatic rings. The predicted molar refractivity (Wildman–Crippen MR) is 85.3 cm³/mol. The van der Waals surface area contributed by atoms with Crippen LogP contribution in [0.1, 0.15) is 33.0 Å². The average Bonchev–Trinajstić information content (AvgIpc) is 2.91. The lowest BCUT2D eigenvalue weighted by atomic mass is 9.99. The number of rotatable bonds is 2. The molecular weight excluding hydrogens is 310 g/mol. The van der Waals surface area contributed by atoms with Gasteiger partial charge in [0.25, 0.3) is 5.91 Å². The summed E-state index contributed by atoms with van der Waals surface area (Å²) in [6.45, 7) is 1.82. The molecule has 2 aromatic rings. The molecule has 0 saturated carbocycles. The van der Waals surface area contributed by atoms with Gasteiger partial charge in [-0.3, -0.25) is 14.8 Å². The molecule has 1 aliphatic carbocycles. The quantitative estimate of drug-likeness (QED) is 0.878. The number of anilines is 1. The number of carbonyl (C=O) groups excluding carboxylic acids is 1. The Morgan fingerprint density at radius 3 is 3.00 bits per heavy atom. The molecule has 0 aromatic carbocycles. The molecule has 0 unspecified atom stereocenters. The van der Waals surface area contributed by atoms with Crippen molar-refractivity contribution < 1.29 is 4.79 Å². The summed E-state index contributed by atoms with van der Waals surface area (Å²) >= 11 is 1.52. The van der Waals surface area contributed by atoms with Crippen molar-refractivity contribution in [2.24, 2.45) is 12.8 Å². The monoisotopic (exact) mass is 327 g/mol. The highest BCUT2D eigenvalue weighted by Gasteiger charge is 2.21. The van der Waals surface area contributed by atoms with Crippen LogP contribution in [-0.4, -0.2) is 26.7 Å². The molecule has 3 rings (SSSR count). The van der Waals surface area contributed by atoms with Gasteiger partial charge >= 0.3 is 0 Å². The van der Waals surface area contributed by atoms with Crippen LogP contribution in [0.5, 0.6) is 0 Å². The molecule has 21 heavy (non-hydrogen) atoms. The molecule has 1 atom stereocenters.